The third kappa shape index (κ3) is 3.19. The maximum Gasteiger partial charge on any atom is 0.307 e. The smallest absolute Gasteiger partial charge is 0.307 e. The molecule has 0 aliphatic carbocycles. The Balaban J connectivity index is 1.94. The molecule has 17 heavy (non-hydrogen) atoms. The van der Waals surface area contributed by atoms with Gasteiger partial charge in [0.2, 0.25) is 0 Å². The first-order valence-corrected chi connectivity index (χ1v) is 5.88. The summed E-state index contributed by atoms with van der Waals surface area (Å²) in [7, 11) is 0. The fraction of sp³-hybridized carbons (Fsp3) is 0.0909. The van der Waals surface area contributed by atoms with Crippen LogP contribution in [-0.2, 0) is 0 Å². The highest BCUT2D eigenvalue weighted by molar-refractivity contribution is 14.1. The zero-order chi connectivity index (χ0) is 12.3. The molecule has 0 bridgehead atoms. The summed E-state index contributed by atoms with van der Waals surface area (Å²) in [6.45, 7) is 1.77. The van der Waals surface area contributed by atoms with Gasteiger partial charge in [0.25, 0.3) is 0 Å². The molecule has 6 heteroatoms. The number of aryl methyl sites for hydroxylation is 1. The number of carbonyl (C=O) groups is 1. The van der Waals surface area contributed by atoms with Crippen LogP contribution in [0.1, 0.15) is 22.1 Å². The van der Waals surface area contributed by atoms with E-state index in [2.05, 4.69) is 10.5 Å². The van der Waals surface area contributed by atoms with E-state index in [1.165, 1.54) is 6.21 Å². The Hall–Kier alpha value is -1.57. The molecule has 1 N–H and O–H groups in total. The summed E-state index contributed by atoms with van der Waals surface area (Å²) in [5, 5.41) is 3.76. The topological polar surface area (TPSA) is 67.7 Å². The zero-order valence-electron chi connectivity index (χ0n) is 8.94. The monoisotopic (exact) mass is 344 g/mol. The summed E-state index contributed by atoms with van der Waals surface area (Å²) in [5.74, 6) is 1.09. The maximum absolute atomic E-state index is 11.5. The van der Waals surface area contributed by atoms with E-state index >= 15 is 0 Å². The number of halogens is 1. The summed E-state index contributed by atoms with van der Waals surface area (Å²) >= 11 is 2.05. The molecule has 0 aromatic carbocycles. The molecule has 0 unspecified atom stereocenters. The highest BCUT2D eigenvalue weighted by Crippen LogP contribution is 2.08. The van der Waals surface area contributed by atoms with Gasteiger partial charge in [-0.25, -0.2) is 5.43 Å². The highest BCUT2D eigenvalue weighted by atomic mass is 127. The van der Waals surface area contributed by atoms with Gasteiger partial charge in [-0.15, -0.1) is 0 Å². The van der Waals surface area contributed by atoms with E-state index in [4.69, 9.17) is 8.83 Å². The van der Waals surface area contributed by atoms with Gasteiger partial charge in [0.1, 0.15) is 11.5 Å². The van der Waals surface area contributed by atoms with Crippen molar-refractivity contribution >= 4 is 34.7 Å². The largest absolute Gasteiger partial charge is 0.456 e. The van der Waals surface area contributed by atoms with Crippen molar-refractivity contribution in [2.75, 3.05) is 0 Å². The highest BCUT2D eigenvalue weighted by Gasteiger charge is 2.08. The lowest BCUT2D eigenvalue weighted by Crippen LogP contribution is -2.16. The number of amides is 1. The van der Waals surface area contributed by atoms with Crippen molar-refractivity contribution in [3.8, 4) is 0 Å². The number of hydrogen-bond donors (Lipinski definition) is 1. The van der Waals surface area contributed by atoms with Gasteiger partial charge in [0, 0.05) is 0 Å². The normalized spacial score (nSPS) is 10.9. The third-order valence-electron chi connectivity index (χ3n) is 1.92. The van der Waals surface area contributed by atoms with E-state index in [1.807, 2.05) is 22.6 Å². The van der Waals surface area contributed by atoms with Crippen LogP contribution in [0.15, 0.2) is 38.2 Å². The number of nitrogens with zero attached hydrogens (tertiary/aromatic N) is 1. The molecule has 0 atom stereocenters. The van der Waals surface area contributed by atoms with E-state index < -0.39 is 5.91 Å². The minimum atomic E-state index is -0.393. The Morgan fingerprint density at radius 1 is 1.35 bits per heavy atom. The number of hydrogen-bond acceptors (Lipinski definition) is 4. The van der Waals surface area contributed by atoms with Gasteiger partial charge in [-0.1, -0.05) is 0 Å². The third-order valence-corrected chi connectivity index (χ3v) is 2.50. The molecule has 88 valence electrons. The van der Waals surface area contributed by atoms with Crippen molar-refractivity contribution in [3.05, 3.63) is 45.3 Å². The van der Waals surface area contributed by atoms with E-state index in [-0.39, 0.29) is 5.76 Å². The van der Waals surface area contributed by atoms with Gasteiger partial charge in [-0.05, 0) is 53.8 Å². The van der Waals surface area contributed by atoms with Gasteiger partial charge in [-0.3, -0.25) is 4.79 Å². The molecular weight excluding hydrogens is 335 g/mol. The summed E-state index contributed by atoms with van der Waals surface area (Å²) < 4.78 is 11.1. The molecule has 1 amide bonds. The Labute approximate surface area is 111 Å². The van der Waals surface area contributed by atoms with Gasteiger partial charge >= 0.3 is 5.91 Å². The molecule has 0 saturated carbocycles. The van der Waals surface area contributed by atoms with Gasteiger partial charge < -0.3 is 8.83 Å². The Morgan fingerprint density at radius 3 is 2.76 bits per heavy atom. The summed E-state index contributed by atoms with van der Waals surface area (Å²) in [4.78, 5) is 11.5. The van der Waals surface area contributed by atoms with E-state index in [1.54, 1.807) is 31.2 Å². The van der Waals surface area contributed by atoms with E-state index in [0.29, 0.717) is 11.5 Å². The Kier molecular flexibility index (Phi) is 3.62. The number of carbonyl (C=O) groups excluding carboxylic acids is 1. The van der Waals surface area contributed by atoms with Crippen molar-refractivity contribution in [1.82, 2.24) is 5.43 Å². The summed E-state index contributed by atoms with van der Waals surface area (Å²) in [5.41, 5.74) is 2.34. The first-order valence-electron chi connectivity index (χ1n) is 4.80. The maximum atomic E-state index is 11.5. The van der Waals surface area contributed by atoms with Crippen molar-refractivity contribution in [2.45, 2.75) is 6.92 Å². The van der Waals surface area contributed by atoms with Crippen LogP contribution in [0.4, 0.5) is 0 Å². The van der Waals surface area contributed by atoms with E-state index in [0.717, 1.165) is 3.77 Å². The minimum Gasteiger partial charge on any atom is -0.456 e. The number of furan rings is 2. The van der Waals surface area contributed by atoms with Crippen LogP contribution < -0.4 is 5.43 Å². The van der Waals surface area contributed by atoms with Crippen molar-refractivity contribution in [2.24, 2.45) is 5.10 Å². The molecule has 0 saturated heterocycles. The van der Waals surface area contributed by atoms with Crippen LogP contribution in [0.5, 0.6) is 0 Å². The summed E-state index contributed by atoms with van der Waals surface area (Å²) in [6.07, 6.45) is 1.43. The first kappa shape index (κ1) is 11.9. The standard InChI is InChI=1S/C11H9IN2O3/c1-7-2-4-9(16-7)11(15)14-13-6-8-3-5-10(12)17-8/h2-6H,1H3,(H,14,15)/b13-6-. The molecule has 0 radical (unpaired) electrons. The second-order valence-electron chi connectivity index (χ2n) is 3.25. The van der Waals surface area contributed by atoms with Crippen LogP contribution in [0.3, 0.4) is 0 Å². The van der Waals surface area contributed by atoms with Crippen molar-refractivity contribution in [3.63, 3.8) is 0 Å². The molecule has 0 fully saturated rings. The molecule has 2 aromatic heterocycles. The molecule has 0 spiro atoms. The van der Waals surface area contributed by atoms with Crippen LogP contribution >= 0.6 is 22.6 Å². The SMILES string of the molecule is Cc1ccc(C(=O)N/N=C\c2ccc(I)o2)o1. The van der Waals surface area contributed by atoms with Gasteiger partial charge in [0.15, 0.2) is 9.53 Å². The molecule has 2 rings (SSSR count). The molecule has 2 aromatic rings. The van der Waals surface area contributed by atoms with E-state index in [9.17, 15) is 4.79 Å². The van der Waals surface area contributed by atoms with Crippen molar-refractivity contribution < 1.29 is 13.6 Å². The Morgan fingerprint density at radius 2 is 2.18 bits per heavy atom. The first-order chi connectivity index (χ1) is 8.15. The lowest BCUT2D eigenvalue weighted by molar-refractivity contribution is 0.0926. The fourth-order valence-corrected chi connectivity index (χ4v) is 1.60. The molecular formula is C11H9IN2O3. The predicted octanol–water partition coefficient (Wildman–Crippen LogP) is 2.55. The van der Waals surface area contributed by atoms with Crippen LogP contribution in [0.25, 0.3) is 0 Å². The molecule has 2 heterocycles. The van der Waals surface area contributed by atoms with Crippen LogP contribution in [-0.4, -0.2) is 12.1 Å². The predicted molar refractivity (Wildman–Crippen MR) is 69.9 cm³/mol. The quantitative estimate of drug-likeness (QED) is 0.529. The van der Waals surface area contributed by atoms with Gasteiger partial charge in [0.05, 0.1) is 6.21 Å². The second-order valence-corrected chi connectivity index (χ2v) is 4.31. The lowest BCUT2D eigenvalue weighted by Gasteiger charge is -1.94. The van der Waals surface area contributed by atoms with Crippen molar-refractivity contribution in [1.29, 1.82) is 0 Å². The Bertz CT molecular complexity index is 557. The summed E-state index contributed by atoms with van der Waals surface area (Å²) in [6, 6.07) is 6.87. The number of nitrogens with one attached hydrogen (secondary N) is 1. The number of rotatable bonds is 3. The van der Waals surface area contributed by atoms with Gasteiger partial charge in [-0.2, -0.15) is 5.10 Å². The molecule has 0 aliphatic heterocycles. The van der Waals surface area contributed by atoms with Crippen LogP contribution in [0.2, 0.25) is 0 Å². The second kappa shape index (κ2) is 5.17. The van der Waals surface area contributed by atoms with Crippen LogP contribution in [0, 0.1) is 10.7 Å². The molecule has 0 aliphatic rings. The number of hydrazone groups is 1. The molecule has 5 nitrogen and oxygen atoms in total. The average Bonchev–Trinajstić information content (AvgIpc) is 2.88. The fourth-order valence-electron chi connectivity index (χ4n) is 1.16. The minimum absolute atomic E-state index is 0.230. The zero-order valence-corrected chi connectivity index (χ0v) is 11.1. The lowest BCUT2D eigenvalue weighted by atomic mass is 10.4. The average molecular weight is 344 g/mol.